The molecule has 0 radical (unpaired) electrons. The standard InChI is InChI=1S/C21H24N2O/c1-20(2)16-10-11-21(20)18(12-16)22-23(19(21)24)13-15-8-5-7-14-6-3-4-9-17(14)15/h3-9,16,18,22H,10-13H2,1-2H3/t16-,18+,21+/m1/s1. The molecule has 2 saturated carbocycles. The van der Waals surface area contributed by atoms with Crippen LogP contribution in [0.15, 0.2) is 42.5 Å². The van der Waals surface area contributed by atoms with Gasteiger partial charge in [-0.25, -0.2) is 5.43 Å². The maximum Gasteiger partial charge on any atom is 0.245 e. The van der Waals surface area contributed by atoms with Crippen molar-refractivity contribution in [3.63, 3.8) is 0 Å². The van der Waals surface area contributed by atoms with Crippen molar-refractivity contribution in [1.82, 2.24) is 10.4 Å². The normalized spacial score (nSPS) is 33.4. The van der Waals surface area contributed by atoms with E-state index in [2.05, 4.69) is 61.7 Å². The van der Waals surface area contributed by atoms with Crippen molar-refractivity contribution in [3.8, 4) is 0 Å². The number of hydrazine groups is 1. The largest absolute Gasteiger partial charge is 0.273 e. The van der Waals surface area contributed by atoms with Gasteiger partial charge in [-0.2, -0.15) is 0 Å². The second-order valence-corrected chi connectivity index (χ2v) is 8.38. The van der Waals surface area contributed by atoms with Gasteiger partial charge < -0.3 is 0 Å². The third kappa shape index (κ3) is 1.59. The van der Waals surface area contributed by atoms with E-state index in [1.807, 2.05) is 5.01 Å². The lowest BCUT2D eigenvalue weighted by atomic mass is 9.68. The molecule has 2 aromatic carbocycles. The van der Waals surface area contributed by atoms with Crippen LogP contribution in [0.25, 0.3) is 10.8 Å². The molecule has 1 spiro atoms. The van der Waals surface area contributed by atoms with Crippen LogP contribution >= 0.6 is 0 Å². The Balaban J connectivity index is 1.51. The molecule has 1 aliphatic heterocycles. The van der Waals surface area contributed by atoms with E-state index in [9.17, 15) is 4.79 Å². The van der Waals surface area contributed by atoms with Gasteiger partial charge in [-0.05, 0) is 46.9 Å². The van der Waals surface area contributed by atoms with Gasteiger partial charge in [0.05, 0.1) is 12.0 Å². The molecule has 3 atom stereocenters. The minimum atomic E-state index is -0.178. The molecule has 1 amide bonds. The summed E-state index contributed by atoms with van der Waals surface area (Å²) in [6.07, 6.45) is 3.40. The van der Waals surface area contributed by atoms with E-state index in [-0.39, 0.29) is 10.8 Å². The first kappa shape index (κ1) is 14.5. The fraction of sp³-hybridized carbons (Fsp3) is 0.476. The lowest BCUT2D eigenvalue weighted by Crippen LogP contribution is -2.43. The summed E-state index contributed by atoms with van der Waals surface area (Å²) in [6.45, 7) is 5.27. The molecule has 0 unspecified atom stereocenters. The van der Waals surface area contributed by atoms with E-state index < -0.39 is 0 Å². The summed E-state index contributed by atoms with van der Waals surface area (Å²) in [7, 11) is 0. The first-order valence-corrected chi connectivity index (χ1v) is 9.09. The molecular formula is C21H24N2O. The third-order valence-corrected chi connectivity index (χ3v) is 7.32. The lowest BCUT2D eigenvalue weighted by molar-refractivity contribution is -0.141. The summed E-state index contributed by atoms with van der Waals surface area (Å²) in [4.78, 5) is 13.4. The van der Waals surface area contributed by atoms with Gasteiger partial charge in [0.1, 0.15) is 0 Å². The van der Waals surface area contributed by atoms with Crippen LogP contribution in [0.4, 0.5) is 0 Å². The molecule has 0 aromatic heterocycles. The van der Waals surface area contributed by atoms with Crippen molar-refractivity contribution < 1.29 is 4.79 Å². The Morgan fingerprint density at radius 2 is 1.96 bits per heavy atom. The highest BCUT2D eigenvalue weighted by molar-refractivity contribution is 5.89. The number of hydrogen-bond acceptors (Lipinski definition) is 2. The molecular weight excluding hydrogens is 296 g/mol. The summed E-state index contributed by atoms with van der Waals surface area (Å²) in [5.74, 6) is 1.02. The second kappa shape index (κ2) is 4.60. The zero-order valence-corrected chi connectivity index (χ0v) is 14.4. The number of benzene rings is 2. The number of nitrogens with one attached hydrogen (secondary N) is 1. The topological polar surface area (TPSA) is 32.3 Å². The van der Waals surface area contributed by atoms with Gasteiger partial charge in [0.25, 0.3) is 0 Å². The molecule has 2 aromatic rings. The smallest absolute Gasteiger partial charge is 0.245 e. The Hall–Kier alpha value is -1.87. The zero-order valence-electron chi connectivity index (χ0n) is 14.4. The van der Waals surface area contributed by atoms with Crippen molar-refractivity contribution in [2.24, 2.45) is 16.7 Å². The number of amides is 1. The first-order valence-electron chi connectivity index (χ1n) is 9.09. The van der Waals surface area contributed by atoms with Crippen LogP contribution in [0.1, 0.15) is 38.7 Å². The van der Waals surface area contributed by atoms with Gasteiger partial charge >= 0.3 is 0 Å². The average Bonchev–Trinajstić information content (AvgIpc) is 3.10. The van der Waals surface area contributed by atoms with E-state index in [0.717, 1.165) is 12.8 Å². The summed E-state index contributed by atoms with van der Waals surface area (Å²) >= 11 is 0. The highest BCUT2D eigenvalue weighted by Crippen LogP contribution is 2.67. The second-order valence-electron chi connectivity index (χ2n) is 8.38. The van der Waals surface area contributed by atoms with Crippen molar-refractivity contribution >= 4 is 16.7 Å². The summed E-state index contributed by atoms with van der Waals surface area (Å²) in [5, 5.41) is 4.39. The third-order valence-electron chi connectivity index (χ3n) is 7.32. The van der Waals surface area contributed by atoms with Gasteiger partial charge in [0.2, 0.25) is 5.91 Å². The molecule has 3 heteroatoms. The monoisotopic (exact) mass is 320 g/mol. The Morgan fingerprint density at radius 1 is 1.17 bits per heavy atom. The fourth-order valence-electron chi connectivity index (χ4n) is 5.87. The molecule has 124 valence electrons. The van der Waals surface area contributed by atoms with Gasteiger partial charge in [-0.1, -0.05) is 56.3 Å². The molecule has 3 fully saturated rings. The Labute approximate surface area is 143 Å². The SMILES string of the molecule is CC1(C)[C@@H]2CC[C@]13C(=O)N(Cc1cccc4ccccc14)N[C@H]3C2. The van der Waals surface area contributed by atoms with E-state index in [0.29, 0.717) is 24.4 Å². The maximum atomic E-state index is 13.4. The van der Waals surface area contributed by atoms with Gasteiger partial charge in [-0.15, -0.1) is 0 Å². The Morgan fingerprint density at radius 3 is 2.75 bits per heavy atom. The van der Waals surface area contributed by atoms with Crippen LogP contribution in [0.5, 0.6) is 0 Å². The van der Waals surface area contributed by atoms with Crippen molar-refractivity contribution in [3.05, 3.63) is 48.0 Å². The quantitative estimate of drug-likeness (QED) is 0.910. The predicted octanol–water partition coefficient (Wildman–Crippen LogP) is 3.88. The van der Waals surface area contributed by atoms with Crippen molar-refractivity contribution in [2.75, 3.05) is 0 Å². The Bertz CT molecular complexity index is 837. The highest BCUT2D eigenvalue weighted by atomic mass is 16.2. The molecule has 1 heterocycles. The number of nitrogens with zero attached hydrogens (tertiary/aromatic N) is 1. The average molecular weight is 320 g/mol. The number of fused-ring (bicyclic) bond motifs is 2. The summed E-state index contributed by atoms with van der Waals surface area (Å²) in [5.41, 5.74) is 4.74. The maximum absolute atomic E-state index is 13.4. The van der Waals surface area contributed by atoms with Crippen molar-refractivity contribution in [1.29, 1.82) is 0 Å². The first-order chi connectivity index (χ1) is 11.5. The summed E-state index contributed by atoms with van der Waals surface area (Å²) in [6, 6.07) is 15.1. The molecule has 1 N–H and O–H groups in total. The van der Waals surface area contributed by atoms with Gasteiger partial charge in [0, 0.05) is 6.04 Å². The van der Waals surface area contributed by atoms with E-state index >= 15 is 0 Å². The minimum Gasteiger partial charge on any atom is -0.273 e. The molecule has 1 saturated heterocycles. The van der Waals surface area contributed by atoms with E-state index in [1.165, 1.54) is 22.8 Å². The molecule has 2 aliphatic carbocycles. The van der Waals surface area contributed by atoms with Gasteiger partial charge in [0.15, 0.2) is 0 Å². The number of rotatable bonds is 2. The number of carbonyl (C=O) groups excluding carboxylic acids is 1. The Kier molecular flexibility index (Phi) is 2.78. The van der Waals surface area contributed by atoms with E-state index in [1.54, 1.807) is 0 Å². The zero-order chi connectivity index (χ0) is 16.5. The van der Waals surface area contributed by atoms with Crippen LogP contribution in [-0.2, 0) is 11.3 Å². The minimum absolute atomic E-state index is 0.120. The fourth-order valence-corrected chi connectivity index (χ4v) is 5.87. The van der Waals surface area contributed by atoms with Crippen LogP contribution in [0.2, 0.25) is 0 Å². The molecule has 24 heavy (non-hydrogen) atoms. The lowest BCUT2D eigenvalue weighted by Gasteiger charge is -2.35. The van der Waals surface area contributed by atoms with Crippen LogP contribution in [-0.4, -0.2) is 17.0 Å². The molecule has 2 bridgehead atoms. The molecule has 5 rings (SSSR count). The molecule has 3 nitrogen and oxygen atoms in total. The van der Waals surface area contributed by atoms with Crippen LogP contribution in [0.3, 0.4) is 0 Å². The summed E-state index contributed by atoms with van der Waals surface area (Å²) < 4.78 is 0. The van der Waals surface area contributed by atoms with Crippen LogP contribution < -0.4 is 5.43 Å². The number of hydrogen-bond donors (Lipinski definition) is 1. The predicted molar refractivity (Wildman–Crippen MR) is 95.0 cm³/mol. The van der Waals surface area contributed by atoms with Gasteiger partial charge in [-0.3, -0.25) is 9.80 Å². The van der Waals surface area contributed by atoms with Crippen LogP contribution in [0, 0.1) is 16.7 Å². The van der Waals surface area contributed by atoms with Crippen molar-refractivity contribution in [2.45, 2.75) is 45.7 Å². The molecule has 3 aliphatic rings. The van der Waals surface area contributed by atoms with E-state index in [4.69, 9.17) is 0 Å². The number of carbonyl (C=O) groups is 1. The highest BCUT2D eigenvalue weighted by Gasteiger charge is 2.71.